The molecule has 2 N–H and O–H groups in total. The van der Waals surface area contributed by atoms with Gasteiger partial charge in [-0.1, -0.05) is 0 Å². The summed E-state index contributed by atoms with van der Waals surface area (Å²) in [5.74, 6) is 0. The summed E-state index contributed by atoms with van der Waals surface area (Å²) in [6.07, 6.45) is 20.0. The summed E-state index contributed by atoms with van der Waals surface area (Å²) < 4.78 is 24.8. The van der Waals surface area contributed by atoms with E-state index in [-0.39, 0.29) is 87.8 Å². The molecule has 0 radical (unpaired) electrons. The largest absolute Gasteiger partial charge is 1.00 e. The Balaban J connectivity index is -0.0000000327. The van der Waals surface area contributed by atoms with Crippen molar-refractivity contribution < 1.29 is 99.7 Å². The molecule has 2 aliphatic rings. The van der Waals surface area contributed by atoms with Crippen LogP contribution in [0.1, 0.15) is 15.7 Å². The van der Waals surface area contributed by atoms with E-state index in [0.29, 0.717) is 0 Å². The van der Waals surface area contributed by atoms with Gasteiger partial charge in [0, 0.05) is 25.8 Å². The van der Waals surface area contributed by atoms with Crippen LogP contribution in [0.25, 0.3) is 0 Å². The summed E-state index contributed by atoms with van der Waals surface area (Å²) in [6.45, 7) is 0. The SMILES string of the molecule is C[As](=O)(O)O.[C-]1=CC=CC1.[C-]1=CC=CC1.[H-].[H-].[Hf].[Na+].[Na+]. The topological polar surface area (TPSA) is 57.5 Å². The predicted octanol–water partition coefficient (Wildman–Crippen LogP) is -4.19. The molecule has 2 rings (SSSR count). The van der Waals surface area contributed by atoms with E-state index in [4.69, 9.17) is 8.19 Å². The van der Waals surface area contributed by atoms with Gasteiger partial charge in [0.15, 0.2) is 0 Å². The van der Waals surface area contributed by atoms with Gasteiger partial charge in [0.05, 0.1) is 0 Å². The maximum atomic E-state index is 9.39. The van der Waals surface area contributed by atoms with Crippen LogP contribution in [0.4, 0.5) is 0 Å². The molecule has 7 heteroatoms. The van der Waals surface area contributed by atoms with Crippen LogP contribution in [0.3, 0.4) is 0 Å². The Morgan fingerprint density at radius 3 is 1.39 bits per heavy atom. The smallest absolute Gasteiger partial charge is 1.00 e. The first-order chi connectivity index (χ1) is 7.00. The Kier molecular flexibility index (Phi) is 30.0. The third-order valence-electron chi connectivity index (χ3n) is 1.17. The molecule has 0 aromatic heterocycles. The number of hydrogen-bond donors (Lipinski definition) is 2. The molecule has 0 fully saturated rings. The number of rotatable bonds is 0. The van der Waals surface area contributed by atoms with Gasteiger partial charge in [-0.3, -0.25) is 12.2 Å². The summed E-state index contributed by atoms with van der Waals surface area (Å²) >= 11 is -4.12. The molecular formula is C11H17AsHfNa2O3-2. The molecule has 92 valence electrons. The fourth-order valence-corrected chi connectivity index (χ4v) is 0.680. The van der Waals surface area contributed by atoms with Crippen LogP contribution in [-0.4, -0.2) is 22.4 Å². The molecule has 0 unspecified atom stereocenters. The summed E-state index contributed by atoms with van der Waals surface area (Å²) in [6, 6.07) is 0. The number of hydrogen-bond acceptors (Lipinski definition) is 1. The van der Waals surface area contributed by atoms with Gasteiger partial charge >= 0.3 is 90.9 Å². The van der Waals surface area contributed by atoms with E-state index in [1.165, 1.54) is 0 Å². The van der Waals surface area contributed by atoms with Gasteiger partial charge in [-0.05, 0) is 0 Å². The fraction of sp³-hybridized carbons (Fsp3) is 0.273. The second kappa shape index (κ2) is 19.1. The van der Waals surface area contributed by atoms with E-state index in [2.05, 4.69) is 24.3 Å². The molecule has 0 atom stereocenters. The van der Waals surface area contributed by atoms with Gasteiger partial charge in [-0.15, -0.1) is 12.8 Å². The van der Waals surface area contributed by atoms with E-state index >= 15 is 0 Å². The molecule has 0 saturated heterocycles. The Hall–Kier alpha value is 2.11. The molecule has 0 heterocycles. The van der Waals surface area contributed by atoms with Crippen molar-refractivity contribution in [3.63, 3.8) is 0 Å². The van der Waals surface area contributed by atoms with Gasteiger partial charge in [0.25, 0.3) is 0 Å². The molecule has 0 saturated carbocycles. The second-order valence-corrected chi connectivity index (χ2v) is 6.35. The summed E-state index contributed by atoms with van der Waals surface area (Å²) in [7, 11) is 0. The van der Waals surface area contributed by atoms with Gasteiger partial charge in [0.2, 0.25) is 0 Å². The third kappa shape index (κ3) is 36.2. The quantitative estimate of drug-likeness (QED) is 0.264. The Morgan fingerprint density at radius 1 is 1.06 bits per heavy atom. The molecule has 0 aromatic rings. The van der Waals surface area contributed by atoms with Crippen LogP contribution < -0.4 is 59.1 Å². The van der Waals surface area contributed by atoms with E-state index in [1.807, 2.05) is 24.3 Å². The van der Waals surface area contributed by atoms with Crippen LogP contribution >= 0.6 is 0 Å². The average molecular weight is 497 g/mol. The zero-order chi connectivity index (χ0) is 11.6. The Bertz CT molecular complexity index is 281. The summed E-state index contributed by atoms with van der Waals surface area (Å²) in [5.41, 5.74) is 0.915. The maximum Gasteiger partial charge on any atom is 1.00 e. The fourth-order valence-electron chi connectivity index (χ4n) is 0.680. The van der Waals surface area contributed by atoms with Gasteiger partial charge in [-0.2, -0.15) is 12.2 Å². The first-order valence-corrected chi connectivity index (χ1v) is 8.79. The van der Waals surface area contributed by atoms with Crippen molar-refractivity contribution in [2.24, 2.45) is 0 Å². The van der Waals surface area contributed by atoms with E-state index < -0.39 is 14.2 Å². The van der Waals surface area contributed by atoms with Crippen molar-refractivity contribution in [2.45, 2.75) is 18.6 Å². The van der Waals surface area contributed by atoms with Gasteiger partial charge in [0.1, 0.15) is 0 Å². The van der Waals surface area contributed by atoms with E-state index in [9.17, 15) is 3.74 Å². The molecule has 0 amide bonds. The van der Waals surface area contributed by atoms with Gasteiger partial charge < -0.3 is 2.85 Å². The summed E-state index contributed by atoms with van der Waals surface area (Å²) in [4.78, 5) is 0. The van der Waals surface area contributed by atoms with E-state index in [0.717, 1.165) is 18.6 Å². The molecule has 0 aromatic carbocycles. The normalized spacial score (nSPS) is 13.1. The second-order valence-electron chi connectivity index (χ2n) is 2.84. The van der Waals surface area contributed by atoms with Crippen molar-refractivity contribution >= 4 is 14.2 Å². The first-order valence-electron chi connectivity index (χ1n) is 4.46. The molecule has 18 heavy (non-hydrogen) atoms. The van der Waals surface area contributed by atoms with Crippen molar-refractivity contribution in [2.75, 3.05) is 0 Å². The van der Waals surface area contributed by atoms with Gasteiger partial charge in [-0.25, -0.2) is 24.3 Å². The van der Waals surface area contributed by atoms with Crippen LogP contribution in [0, 0.1) is 12.2 Å². The van der Waals surface area contributed by atoms with Crippen molar-refractivity contribution in [1.82, 2.24) is 0 Å². The zero-order valence-electron chi connectivity index (χ0n) is 13.1. The Labute approximate surface area is 178 Å². The van der Waals surface area contributed by atoms with E-state index in [1.54, 1.807) is 0 Å². The molecule has 0 aliphatic heterocycles. The molecule has 3 nitrogen and oxygen atoms in total. The molecule has 0 bridgehead atoms. The molecular weight excluding hydrogens is 480 g/mol. The predicted molar refractivity (Wildman–Crippen MR) is 62.1 cm³/mol. The molecule has 2 aliphatic carbocycles. The van der Waals surface area contributed by atoms with Crippen molar-refractivity contribution in [3.8, 4) is 0 Å². The zero-order valence-corrected chi connectivity index (χ0v) is 20.6. The average Bonchev–Trinajstić information content (AvgIpc) is 2.81. The maximum absolute atomic E-state index is 9.39. The standard InChI is InChI=1S/2C5H5.CH5AsO3.Hf.2Na.2H/c2*1-2-4-5-3-1;1-2(3,4)5;;;;;/h2*1-3H,4H2;1H3,(H2,3,4,5);;;;;/q2*-1;;;2*+1;2*-1. The Morgan fingerprint density at radius 2 is 1.33 bits per heavy atom. The first kappa shape index (κ1) is 28.3. The van der Waals surface area contributed by atoms with Crippen LogP contribution in [-0.2, 0) is 29.6 Å². The minimum atomic E-state index is -4.12. The monoisotopic (exact) mass is 498 g/mol. The van der Waals surface area contributed by atoms with Crippen LogP contribution in [0.5, 0.6) is 0 Å². The minimum Gasteiger partial charge on any atom is -1.00 e. The third-order valence-corrected chi connectivity index (χ3v) is 1.17. The summed E-state index contributed by atoms with van der Waals surface area (Å²) in [5, 5.41) is 0. The van der Waals surface area contributed by atoms with Crippen molar-refractivity contribution in [3.05, 3.63) is 48.6 Å². The number of allylic oxidation sites excluding steroid dienone is 8. The minimum absolute atomic E-state index is 0. The van der Waals surface area contributed by atoms with Crippen LogP contribution in [0.15, 0.2) is 36.5 Å². The van der Waals surface area contributed by atoms with Crippen molar-refractivity contribution in [1.29, 1.82) is 0 Å². The van der Waals surface area contributed by atoms with Crippen LogP contribution in [0.2, 0.25) is 5.71 Å². The molecule has 0 spiro atoms.